The van der Waals surface area contributed by atoms with E-state index in [1.54, 1.807) is 54.6 Å². The SMILES string of the molecule is Brc1ccc2c(c1)-c1ccccc1-c1ccccc1O2.Brc1ccc2c(c1)-c1ccccc1Oc1ccccc1-2.O=S(=O)(Oc1cccc2c1-c1ccccc1Oc1ccccc1-2)C(F)(F)F. The summed E-state index contributed by atoms with van der Waals surface area (Å²) >= 11 is 7.11. The number of halogens is 5. The number of hydrogen-bond donors (Lipinski definition) is 0. The molecule has 12 rings (SSSR count). The van der Waals surface area contributed by atoms with E-state index in [1.165, 1.54) is 34.4 Å². The molecular weight excluding hydrogens is 1010 g/mol. The highest BCUT2D eigenvalue weighted by molar-refractivity contribution is 9.10. The average molecular weight is 1040 g/mol. The zero-order valence-electron chi connectivity index (χ0n) is 34.8. The lowest BCUT2D eigenvalue weighted by Crippen LogP contribution is -2.28. The molecule has 0 amide bonds. The van der Waals surface area contributed by atoms with Crippen LogP contribution >= 0.6 is 31.9 Å². The van der Waals surface area contributed by atoms with E-state index in [0.717, 1.165) is 54.2 Å². The molecule has 9 aromatic rings. The normalized spacial score (nSPS) is 12.1. The third-order valence-corrected chi connectivity index (χ3v) is 13.1. The van der Waals surface area contributed by atoms with Gasteiger partial charge in [-0.15, -0.1) is 0 Å². The third-order valence-electron chi connectivity index (χ3n) is 11.2. The number of ether oxygens (including phenoxy) is 3. The van der Waals surface area contributed by atoms with E-state index in [0.29, 0.717) is 28.2 Å². The lowest BCUT2D eigenvalue weighted by Gasteiger charge is -2.15. The van der Waals surface area contributed by atoms with Crippen molar-refractivity contribution in [3.63, 3.8) is 0 Å². The summed E-state index contributed by atoms with van der Waals surface area (Å²) in [7, 11) is -5.82. The molecule has 3 heterocycles. The molecule has 0 bridgehead atoms. The molecule has 0 saturated heterocycles. The Labute approximate surface area is 401 Å². The van der Waals surface area contributed by atoms with Crippen molar-refractivity contribution in [3.8, 4) is 107 Å². The van der Waals surface area contributed by atoms with Gasteiger partial charge in [0.05, 0.1) is 0 Å². The topological polar surface area (TPSA) is 71.1 Å². The maximum atomic E-state index is 12.8. The van der Waals surface area contributed by atoms with Gasteiger partial charge in [-0.05, 0) is 94.5 Å². The van der Waals surface area contributed by atoms with Crippen LogP contribution in [0.5, 0.6) is 40.2 Å². The second-order valence-electron chi connectivity index (χ2n) is 15.3. The molecule has 0 N–H and O–H groups in total. The molecule has 3 aliphatic rings. The van der Waals surface area contributed by atoms with Gasteiger partial charge < -0.3 is 18.4 Å². The minimum atomic E-state index is -5.82. The molecule has 0 unspecified atom stereocenters. The number of para-hydroxylation sites is 5. The van der Waals surface area contributed by atoms with Crippen molar-refractivity contribution in [2.24, 2.45) is 0 Å². The molecule has 3 aliphatic heterocycles. The van der Waals surface area contributed by atoms with Gasteiger partial charge in [-0.25, -0.2) is 0 Å². The highest BCUT2D eigenvalue weighted by Crippen LogP contribution is 2.52. The molecule has 9 aromatic carbocycles. The minimum Gasteiger partial charge on any atom is -0.456 e. The van der Waals surface area contributed by atoms with Crippen molar-refractivity contribution in [1.29, 1.82) is 0 Å². The molecule has 0 saturated carbocycles. The molecular formula is C55H33Br2F3O6S. The first kappa shape index (κ1) is 43.8. The summed E-state index contributed by atoms with van der Waals surface area (Å²) in [5, 5.41) is 0. The molecule has 0 atom stereocenters. The molecule has 0 fully saturated rings. The first-order valence-electron chi connectivity index (χ1n) is 20.8. The lowest BCUT2D eigenvalue weighted by atomic mass is 9.94. The Balaban J connectivity index is 0.000000119. The van der Waals surface area contributed by atoms with E-state index in [9.17, 15) is 21.6 Å². The first-order valence-corrected chi connectivity index (χ1v) is 23.8. The van der Waals surface area contributed by atoms with Gasteiger partial charge in [0, 0.05) is 47.9 Å². The van der Waals surface area contributed by atoms with Gasteiger partial charge in [-0.3, -0.25) is 0 Å². The van der Waals surface area contributed by atoms with E-state index in [1.807, 2.05) is 66.7 Å². The molecule has 0 aliphatic carbocycles. The molecule has 67 heavy (non-hydrogen) atoms. The van der Waals surface area contributed by atoms with Crippen LogP contribution in [0.3, 0.4) is 0 Å². The van der Waals surface area contributed by atoms with Crippen LogP contribution in [-0.4, -0.2) is 13.9 Å². The van der Waals surface area contributed by atoms with Gasteiger partial charge in [-0.1, -0.05) is 165 Å². The molecule has 12 heteroatoms. The van der Waals surface area contributed by atoms with E-state index in [2.05, 4.69) is 103 Å². The van der Waals surface area contributed by atoms with Gasteiger partial charge >= 0.3 is 15.6 Å². The maximum Gasteiger partial charge on any atom is 0.534 e. The van der Waals surface area contributed by atoms with Gasteiger partial charge in [-0.2, -0.15) is 21.6 Å². The maximum absolute atomic E-state index is 12.8. The average Bonchev–Trinajstić information content (AvgIpc) is 3.64. The van der Waals surface area contributed by atoms with Gasteiger partial charge in [0.25, 0.3) is 0 Å². The van der Waals surface area contributed by atoms with Crippen LogP contribution in [0, 0.1) is 0 Å². The molecule has 0 spiro atoms. The largest absolute Gasteiger partial charge is 0.534 e. The van der Waals surface area contributed by atoms with Gasteiger partial charge in [0.1, 0.15) is 34.5 Å². The standard InChI is InChI=1S/C19H11F3O4S.2C18H11BrO/c20-19(21,22)27(23,24)26-17-11-5-8-13-12-6-1-3-9-15(12)25-16-10-4-2-7-14(16)18(13)17;19-12-9-10-13-14-5-1-3-7-17(14)20-18-8-4-2-6-15(18)16(13)11-12;19-12-9-10-18-16(11-12)14-6-2-1-5-13(14)15-7-3-4-8-17(15)20-18/h1-11H;2*1-11H. The molecule has 6 nitrogen and oxygen atoms in total. The third kappa shape index (κ3) is 8.59. The Bertz CT molecular complexity index is 3480. The summed E-state index contributed by atoms with van der Waals surface area (Å²) in [5.41, 5.74) is 5.54. The Hall–Kier alpha value is -7.12. The fourth-order valence-corrected chi connectivity index (χ4v) is 9.42. The van der Waals surface area contributed by atoms with Crippen LogP contribution in [0.1, 0.15) is 0 Å². The van der Waals surface area contributed by atoms with E-state index >= 15 is 0 Å². The van der Waals surface area contributed by atoms with Crippen molar-refractivity contribution < 1.29 is 40.0 Å². The van der Waals surface area contributed by atoms with E-state index < -0.39 is 21.4 Å². The summed E-state index contributed by atoms with van der Waals surface area (Å²) in [6, 6.07) is 63.4. The van der Waals surface area contributed by atoms with Crippen LogP contribution in [0.2, 0.25) is 0 Å². The second kappa shape index (κ2) is 17.9. The number of benzene rings is 9. The van der Waals surface area contributed by atoms with Crippen molar-refractivity contribution in [1.82, 2.24) is 0 Å². The smallest absolute Gasteiger partial charge is 0.456 e. The second-order valence-corrected chi connectivity index (χ2v) is 18.7. The van der Waals surface area contributed by atoms with Crippen LogP contribution in [-0.2, 0) is 10.1 Å². The predicted molar refractivity (Wildman–Crippen MR) is 263 cm³/mol. The van der Waals surface area contributed by atoms with Gasteiger partial charge in [0.15, 0.2) is 5.75 Å². The zero-order valence-corrected chi connectivity index (χ0v) is 38.8. The number of hydrogen-bond acceptors (Lipinski definition) is 6. The zero-order chi connectivity index (χ0) is 46.3. The Kier molecular flexibility index (Phi) is 11.7. The molecule has 0 aromatic heterocycles. The summed E-state index contributed by atoms with van der Waals surface area (Å²) < 4.78 is 86.4. The van der Waals surface area contributed by atoms with E-state index in [-0.39, 0.29) is 5.56 Å². The van der Waals surface area contributed by atoms with Crippen molar-refractivity contribution >= 4 is 42.0 Å². The van der Waals surface area contributed by atoms with Crippen LogP contribution in [0.15, 0.2) is 209 Å². The first-order chi connectivity index (χ1) is 32.4. The number of fused-ring (bicyclic) bond motifs is 15. The highest BCUT2D eigenvalue weighted by atomic mass is 79.9. The molecule has 0 radical (unpaired) electrons. The predicted octanol–water partition coefficient (Wildman–Crippen LogP) is 17.1. The highest BCUT2D eigenvalue weighted by Gasteiger charge is 2.49. The lowest BCUT2D eigenvalue weighted by molar-refractivity contribution is -0.0499. The van der Waals surface area contributed by atoms with E-state index in [4.69, 9.17) is 14.2 Å². The van der Waals surface area contributed by atoms with Crippen LogP contribution in [0.4, 0.5) is 13.2 Å². The van der Waals surface area contributed by atoms with Crippen LogP contribution < -0.4 is 18.4 Å². The Morgan fingerprint density at radius 2 is 0.701 bits per heavy atom. The number of rotatable bonds is 2. The van der Waals surface area contributed by atoms with Crippen molar-refractivity contribution in [2.75, 3.05) is 0 Å². The van der Waals surface area contributed by atoms with Crippen molar-refractivity contribution in [3.05, 3.63) is 209 Å². The van der Waals surface area contributed by atoms with Crippen LogP contribution in [0.25, 0.3) is 66.8 Å². The quantitative estimate of drug-likeness (QED) is 0.127. The fourth-order valence-electron chi connectivity index (χ4n) is 8.23. The summed E-state index contributed by atoms with van der Waals surface area (Å²) in [6.07, 6.45) is 0. The number of alkyl halides is 3. The minimum absolute atomic E-state index is 0.214. The summed E-state index contributed by atoms with van der Waals surface area (Å²) in [6.45, 7) is 0. The van der Waals surface area contributed by atoms with Crippen molar-refractivity contribution in [2.45, 2.75) is 5.51 Å². The Morgan fingerprint density at radius 3 is 1.21 bits per heavy atom. The Morgan fingerprint density at radius 1 is 0.358 bits per heavy atom. The molecule has 330 valence electrons. The summed E-state index contributed by atoms with van der Waals surface area (Å²) in [5.74, 6) is 4.06. The fraction of sp³-hybridized carbons (Fsp3) is 0.0182. The monoisotopic (exact) mass is 1040 g/mol. The summed E-state index contributed by atoms with van der Waals surface area (Å²) in [4.78, 5) is 0. The van der Waals surface area contributed by atoms with Gasteiger partial charge in [0.2, 0.25) is 0 Å².